The Kier molecular flexibility index (Phi) is 6.13. The van der Waals surface area contributed by atoms with E-state index in [1.54, 1.807) is 0 Å². The summed E-state index contributed by atoms with van der Waals surface area (Å²) >= 11 is 11.9. The molecule has 2 aromatic carbocycles. The highest BCUT2D eigenvalue weighted by atomic mass is 35.5. The smallest absolute Gasteiger partial charge is 0.337 e. The molecule has 2 N–H and O–H groups in total. The largest absolute Gasteiger partial charge is 0.493 e. The van der Waals surface area contributed by atoms with Gasteiger partial charge in [0.25, 0.3) is 0 Å². The first kappa shape index (κ1) is 17.4. The zero-order chi connectivity index (χ0) is 16.8. The lowest BCUT2D eigenvalue weighted by Gasteiger charge is -2.13. The molecule has 0 atom stereocenters. The number of anilines is 1. The third-order valence-electron chi connectivity index (χ3n) is 3.26. The van der Waals surface area contributed by atoms with E-state index in [-0.39, 0.29) is 10.6 Å². The van der Waals surface area contributed by atoms with Gasteiger partial charge in [0.15, 0.2) is 0 Å². The Balaban J connectivity index is 1.90. The lowest BCUT2D eigenvalue weighted by molar-refractivity contribution is 0.0698. The highest BCUT2D eigenvalue weighted by molar-refractivity contribution is 6.37. The van der Waals surface area contributed by atoms with Crippen LogP contribution in [-0.2, 0) is 0 Å². The molecule has 2 rings (SSSR count). The second-order valence-corrected chi connectivity index (χ2v) is 5.85. The predicted octanol–water partition coefficient (Wildman–Crippen LogP) is 4.88. The summed E-state index contributed by atoms with van der Waals surface area (Å²) in [5.41, 5.74) is 1.51. The van der Waals surface area contributed by atoms with Gasteiger partial charge in [0.2, 0.25) is 0 Å². The molecule has 6 heteroatoms. The molecule has 0 spiro atoms. The topological polar surface area (TPSA) is 58.6 Å². The standard InChI is InChI=1S/C17H17Cl2NO3/c1-11-5-2-3-6-15(11)23-8-4-7-20-16-13(17(21)22)9-12(18)10-14(16)19/h2-3,5-6,9-10,20H,4,7-8H2,1H3,(H,21,22). The van der Waals surface area contributed by atoms with Gasteiger partial charge < -0.3 is 15.2 Å². The Morgan fingerprint density at radius 2 is 2.00 bits per heavy atom. The first-order chi connectivity index (χ1) is 11.0. The Morgan fingerprint density at radius 3 is 2.70 bits per heavy atom. The molecule has 0 saturated heterocycles. The number of carboxylic acid groups (broad SMARTS) is 1. The van der Waals surface area contributed by atoms with Crippen LogP contribution in [0.15, 0.2) is 36.4 Å². The second-order valence-electron chi connectivity index (χ2n) is 5.01. The van der Waals surface area contributed by atoms with Crippen molar-refractivity contribution in [2.45, 2.75) is 13.3 Å². The van der Waals surface area contributed by atoms with Crippen LogP contribution >= 0.6 is 23.2 Å². The number of aryl methyl sites for hydroxylation is 1. The molecule has 0 heterocycles. The summed E-state index contributed by atoms with van der Waals surface area (Å²) < 4.78 is 5.69. The highest BCUT2D eigenvalue weighted by Crippen LogP contribution is 2.30. The van der Waals surface area contributed by atoms with Gasteiger partial charge in [-0.2, -0.15) is 0 Å². The fraction of sp³-hybridized carbons (Fsp3) is 0.235. The van der Waals surface area contributed by atoms with E-state index in [0.29, 0.717) is 30.3 Å². The maximum atomic E-state index is 11.3. The minimum atomic E-state index is -1.08. The van der Waals surface area contributed by atoms with E-state index < -0.39 is 5.97 Å². The molecule has 23 heavy (non-hydrogen) atoms. The van der Waals surface area contributed by atoms with Gasteiger partial charge in [0.05, 0.1) is 22.9 Å². The number of benzene rings is 2. The Labute approximate surface area is 145 Å². The van der Waals surface area contributed by atoms with Crippen LogP contribution in [-0.4, -0.2) is 24.2 Å². The molecular weight excluding hydrogens is 337 g/mol. The molecule has 0 aliphatic heterocycles. The molecule has 122 valence electrons. The maximum absolute atomic E-state index is 11.3. The molecule has 0 radical (unpaired) electrons. The average molecular weight is 354 g/mol. The molecule has 0 unspecified atom stereocenters. The number of carboxylic acids is 1. The van der Waals surface area contributed by atoms with Gasteiger partial charge in [-0.25, -0.2) is 4.79 Å². The third-order valence-corrected chi connectivity index (χ3v) is 3.78. The van der Waals surface area contributed by atoms with Gasteiger partial charge in [0.1, 0.15) is 5.75 Å². The van der Waals surface area contributed by atoms with Gasteiger partial charge in [0, 0.05) is 11.6 Å². The van der Waals surface area contributed by atoms with Gasteiger partial charge in [-0.15, -0.1) is 0 Å². The average Bonchev–Trinajstić information content (AvgIpc) is 2.49. The molecule has 0 saturated carbocycles. The maximum Gasteiger partial charge on any atom is 0.337 e. The van der Waals surface area contributed by atoms with Crippen LogP contribution in [0.5, 0.6) is 5.75 Å². The highest BCUT2D eigenvalue weighted by Gasteiger charge is 2.14. The van der Waals surface area contributed by atoms with Crippen molar-refractivity contribution in [2.75, 3.05) is 18.5 Å². The number of rotatable bonds is 7. The van der Waals surface area contributed by atoms with Crippen molar-refractivity contribution in [3.8, 4) is 5.75 Å². The quantitative estimate of drug-likeness (QED) is 0.696. The number of halogens is 2. The fourth-order valence-corrected chi connectivity index (χ4v) is 2.67. The van der Waals surface area contributed by atoms with Crippen LogP contribution in [0, 0.1) is 6.92 Å². The van der Waals surface area contributed by atoms with Crippen LogP contribution in [0.3, 0.4) is 0 Å². The van der Waals surface area contributed by atoms with Crippen molar-refractivity contribution in [1.82, 2.24) is 0 Å². The van der Waals surface area contributed by atoms with Gasteiger partial charge >= 0.3 is 5.97 Å². The van der Waals surface area contributed by atoms with Crippen molar-refractivity contribution < 1.29 is 14.6 Å². The summed E-state index contributed by atoms with van der Waals surface area (Å²) in [7, 11) is 0. The monoisotopic (exact) mass is 353 g/mol. The first-order valence-electron chi connectivity index (χ1n) is 7.13. The lowest BCUT2D eigenvalue weighted by atomic mass is 10.1. The van der Waals surface area contributed by atoms with Crippen LogP contribution in [0.1, 0.15) is 22.3 Å². The minimum Gasteiger partial charge on any atom is -0.493 e. The molecule has 4 nitrogen and oxygen atoms in total. The van der Waals surface area contributed by atoms with Gasteiger partial charge in [-0.1, -0.05) is 41.4 Å². The number of para-hydroxylation sites is 1. The van der Waals surface area contributed by atoms with Gasteiger partial charge in [-0.05, 0) is 37.1 Å². The number of aromatic carboxylic acids is 1. The lowest BCUT2D eigenvalue weighted by Crippen LogP contribution is -2.11. The number of hydrogen-bond donors (Lipinski definition) is 2. The van der Waals surface area contributed by atoms with Crippen molar-refractivity contribution >= 4 is 34.9 Å². The first-order valence-corrected chi connectivity index (χ1v) is 7.89. The summed E-state index contributed by atoms with van der Waals surface area (Å²) in [4.78, 5) is 11.3. The zero-order valence-corrected chi connectivity index (χ0v) is 14.1. The van der Waals surface area contributed by atoms with Crippen LogP contribution in [0.2, 0.25) is 10.0 Å². The zero-order valence-electron chi connectivity index (χ0n) is 12.6. The number of ether oxygens (including phenoxy) is 1. The Morgan fingerprint density at radius 1 is 1.26 bits per heavy atom. The molecule has 0 amide bonds. The SMILES string of the molecule is Cc1ccccc1OCCCNc1c(Cl)cc(Cl)cc1C(=O)O. The van der Waals surface area contributed by atoms with Crippen molar-refractivity contribution in [1.29, 1.82) is 0 Å². The van der Waals surface area contributed by atoms with Crippen LogP contribution in [0.25, 0.3) is 0 Å². The summed E-state index contributed by atoms with van der Waals surface area (Å²) in [6.07, 6.45) is 0.701. The predicted molar refractivity (Wildman–Crippen MR) is 93.2 cm³/mol. The minimum absolute atomic E-state index is 0.0577. The molecule has 0 fully saturated rings. The van der Waals surface area contributed by atoms with Gasteiger partial charge in [-0.3, -0.25) is 0 Å². The summed E-state index contributed by atoms with van der Waals surface area (Å²) in [5.74, 6) is -0.226. The van der Waals surface area contributed by atoms with Crippen LogP contribution < -0.4 is 10.1 Å². The Hall–Kier alpha value is -1.91. The van der Waals surface area contributed by atoms with Crippen molar-refractivity contribution in [3.63, 3.8) is 0 Å². The van der Waals surface area contributed by atoms with E-state index in [9.17, 15) is 9.90 Å². The normalized spacial score (nSPS) is 10.4. The molecule has 0 bridgehead atoms. The Bertz CT molecular complexity index is 704. The van der Waals surface area contributed by atoms with E-state index in [0.717, 1.165) is 11.3 Å². The summed E-state index contributed by atoms with van der Waals surface area (Å²) in [5, 5.41) is 12.8. The molecular formula is C17H17Cl2NO3. The number of hydrogen-bond acceptors (Lipinski definition) is 3. The number of carbonyl (C=O) groups is 1. The summed E-state index contributed by atoms with van der Waals surface area (Å²) in [6.45, 7) is 3.04. The van der Waals surface area contributed by atoms with Crippen LogP contribution in [0.4, 0.5) is 5.69 Å². The van der Waals surface area contributed by atoms with Crippen molar-refractivity contribution in [3.05, 3.63) is 57.6 Å². The van der Waals surface area contributed by atoms with E-state index >= 15 is 0 Å². The molecule has 0 aliphatic rings. The van der Waals surface area contributed by atoms with E-state index in [4.69, 9.17) is 27.9 Å². The van der Waals surface area contributed by atoms with E-state index in [1.165, 1.54) is 12.1 Å². The van der Waals surface area contributed by atoms with E-state index in [2.05, 4.69) is 5.32 Å². The molecule has 0 aromatic heterocycles. The fourth-order valence-electron chi connectivity index (χ4n) is 2.11. The van der Waals surface area contributed by atoms with Crippen molar-refractivity contribution in [2.24, 2.45) is 0 Å². The molecule has 0 aliphatic carbocycles. The second kappa shape index (κ2) is 8.09. The molecule has 2 aromatic rings. The third kappa shape index (κ3) is 4.78. The van der Waals surface area contributed by atoms with E-state index in [1.807, 2.05) is 31.2 Å². The summed E-state index contributed by atoms with van der Waals surface area (Å²) in [6, 6.07) is 10.7. The number of nitrogens with one attached hydrogen (secondary N) is 1.